The van der Waals surface area contributed by atoms with Gasteiger partial charge < -0.3 is 4.57 Å². The van der Waals surface area contributed by atoms with E-state index in [9.17, 15) is 8.78 Å². The minimum Gasteiger partial charge on any atom is -0.333 e. The number of halogens is 2. The van der Waals surface area contributed by atoms with Gasteiger partial charge in [-0.05, 0) is 60.9 Å². The number of aryl methyl sites for hydroxylation is 1. The maximum Gasteiger partial charge on any atom is 0.123 e. The number of benzene rings is 3. The summed E-state index contributed by atoms with van der Waals surface area (Å²) in [6.07, 6.45) is 0. The number of nitrogens with zero attached hydrogens (tertiary/aromatic N) is 1. The van der Waals surface area contributed by atoms with Crippen LogP contribution in [0.5, 0.6) is 0 Å². The molecule has 0 atom stereocenters. The first-order chi connectivity index (χ1) is 12.6. The Labute approximate surface area is 151 Å². The van der Waals surface area contributed by atoms with E-state index in [1.807, 2.05) is 12.1 Å². The zero-order valence-corrected chi connectivity index (χ0v) is 14.7. The van der Waals surface area contributed by atoms with Crippen molar-refractivity contribution in [3.63, 3.8) is 0 Å². The molecule has 0 bridgehead atoms. The summed E-state index contributed by atoms with van der Waals surface area (Å²) >= 11 is 0. The number of hydrogen-bond donors (Lipinski definition) is 0. The maximum atomic E-state index is 13.5. The van der Waals surface area contributed by atoms with Gasteiger partial charge in [0.15, 0.2) is 0 Å². The summed E-state index contributed by atoms with van der Waals surface area (Å²) in [5, 5.41) is 1.19. The first-order valence-corrected chi connectivity index (χ1v) is 8.63. The predicted molar refractivity (Wildman–Crippen MR) is 101 cm³/mol. The molecule has 0 N–H and O–H groups in total. The molecule has 0 fully saturated rings. The summed E-state index contributed by atoms with van der Waals surface area (Å²) in [5.41, 5.74) is 5.39. The SMILES string of the molecule is Cc1c(C)n(C(c2ccc(F)cc2)c2ccc(F)cc2)c2ccccc12. The lowest BCUT2D eigenvalue weighted by molar-refractivity contribution is 0.619. The van der Waals surface area contributed by atoms with Crippen LogP contribution in [0, 0.1) is 25.5 Å². The molecule has 4 aromatic rings. The van der Waals surface area contributed by atoms with Crippen molar-refractivity contribution in [2.45, 2.75) is 19.9 Å². The molecular formula is C23H19F2N. The third-order valence-corrected chi connectivity index (χ3v) is 5.10. The first-order valence-electron chi connectivity index (χ1n) is 8.63. The number of rotatable bonds is 3. The molecule has 0 amide bonds. The topological polar surface area (TPSA) is 4.93 Å². The maximum absolute atomic E-state index is 13.5. The molecule has 26 heavy (non-hydrogen) atoms. The van der Waals surface area contributed by atoms with Crippen molar-refractivity contribution in [3.05, 3.63) is 107 Å². The van der Waals surface area contributed by atoms with Crippen LogP contribution in [0.3, 0.4) is 0 Å². The Morgan fingerprint density at radius 3 is 1.73 bits per heavy atom. The van der Waals surface area contributed by atoms with Crippen LogP contribution in [-0.2, 0) is 0 Å². The van der Waals surface area contributed by atoms with E-state index in [1.54, 1.807) is 24.3 Å². The second-order valence-corrected chi connectivity index (χ2v) is 6.60. The van der Waals surface area contributed by atoms with Gasteiger partial charge in [0.1, 0.15) is 11.6 Å². The van der Waals surface area contributed by atoms with Crippen molar-refractivity contribution >= 4 is 10.9 Å². The third-order valence-electron chi connectivity index (χ3n) is 5.10. The van der Waals surface area contributed by atoms with Gasteiger partial charge >= 0.3 is 0 Å². The van der Waals surface area contributed by atoms with E-state index in [-0.39, 0.29) is 17.7 Å². The lowest BCUT2D eigenvalue weighted by atomic mass is 9.97. The first kappa shape index (κ1) is 16.5. The Balaban J connectivity index is 2.01. The van der Waals surface area contributed by atoms with Crippen molar-refractivity contribution in [1.29, 1.82) is 0 Å². The average molecular weight is 347 g/mol. The normalized spacial score (nSPS) is 11.4. The van der Waals surface area contributed by atoms with E-state index < -0.39 is 0 Å². The van der Waals surface area contributed by atoms with Crippen LogP contribution in [0.25, 0.3) is 10.9 Å². The molecule has 3 heteroatoms. The zero-order valence-electron chi connectivity index (χ0n) is 14.7. The van der Waals surface area contributed by atoms with Crippen LogP contribution >= 0.6 is 0 Å². The summed E-state index contributed by atoms with van der Waals surface area (Å²) in [7, 11) is 0. The monoisotopic (exact) mass is 347 g/mol. The molecule has 0 aliphatic heterocycles. The molecule has 0 spiro atoms. The molecular weight excluding hydrogens is 328 g/mol. The van der Waals surface area contributed by atoms with Gasteiger partial charge in [-0.1, -0.05) is 42.5 Å². The summed E-state index contributed by atoms with van der Waals surface area (Å²) in [4.78, 5) is 0. The van der Waals surface area contributed by atoms with Crippen LogP contribution in [0.4, 0.5) is 8.78 Å². The van der Waals surface area contributed by atoms with Gasteiger partial charge in [0.25, 0.3) is 0 Å². The van der Waals surface area contributed by atoms with Crippen molar-refractivity contribution in [3.8, 4) is 0 Å². The van der Waals surface area contributed by atoms with Crippen LogP contribution in [0.1, 0.15) is 28.4 Å². The number of para-hydroxylation sites is 1. The van der Waals surface area contributed by atoms with Gasteiger partial charge in [0.2, 0.25) is 0 Å². The molecule has 1 aromatic heterocycles. The lowest BCUT2D eigenvalue weighted by Gasteiger charge is -2.23. The van der Waals surface area contributed by atoms with Gasteiger partial charge in [0.05, 0.1) is 6.04 Å². The van der Waals surface area contributed by atoms with Gasteiger partial charge in [-0.25, -0.2) is 8.78 Å². The quantitative estimate of drug-likeness (QED) is 0.417. The van der Waals surface area contributed by atoms with E-state index >= 15 is 0 Å². The highest BCUT2D eigenvalue weighted by molar-refractivity contribution is 5.85. The number of fused-ring (bicyclic) bond motifs is 1. The molecule has 0 saturated heterocycles. The molecule has 0 unspecified atom stereocenters. The summed E-state index contributed by atoms with van der Waals surface area (Å²) < 4.78 is 29.2. The van der Waals surface area contributed by atoms with E-state index in [0.29, 0.717) is 0 Å². The minimum atomic E-state index is -0.267. The van der Waals surface area contributed by atoms with Gasteiger partial charge in [-0.2, -0.15) is 0 Å². The number of aromatic nitrogens is 1. The zero-order chi connectivity index (χ0) is 18.3. The van der Waals surface area contributed by atoms with E-state index in [4.69, 9.17) is 0 Å². The Bertz CT molecular complexity index is 1010. The van der Waals surface area contributed by atoms with Crippen molar-refractivity contribution in [2.75, 3.05) is 0 Å². The van der Waals surface area contributed by atoms with Crippen molar-refractivity contribution < 1.29 is 8.78 Å². The Kier molecular flexibility index (Phi) is 4.08. The standard InChI is InChI=1S/C23H19F2N/c1-15-16(2)26(22-6-4-3-5-21(15)22)23(17-7-11-19(24)12-8-17)18-9-13-20(25)14-10-18/h3-14,23H,1-2H3. The molecule has 0 aliphatic carbocycles. The fraction of sp³-hybridized carbons (Fsp3) is 0.130. The van der Waals surface area contributed by atoms with Crippen LogP contribution in [-0.4, -0.2) is 4.57 Å². The fourth-order valence-electron chi connectivity index (χ4n) is 3.67. The van der Waals surface area contributed by atoms with Gasteiger partial charge in [-0.15, -0.1) is 0 Å². The summed E-state index contributed by atoms with van der Waals surface area (Å²) in [5.74, 6) is -0.534. The van der Waals surface area contributed by atoms with Crippen LogP contribution in [0.15, 0.2) is 72.8 Å². The highest BCUT2D eigenvalue weighted by atomic mass is 19.1. The van der Waals surface area contributed by atoms with Gasteiger partial charge in [0, 0.05) is 16.6 Å². The van der Waals surface area contributed by atoms with Crippen LogP contribution < -0.4 is 0 Å². The highest BCUT2D eigenvalue weighted by Gasteiger charge is 2.22. The molecule has 0 saturated carbocycles. The molecule has 130 valence electrons. The highest BCUT2D eigenvalue weighted by Crippen LogP contribution is 2.35. The second kappa shape index (κ2) is 6.41. The summed E-state index contributed by atoms with van der Waals surface area (Å²) in [6, 6.07) is 21.2. The molecule has 1 heterocycles. The molecule has 4 rings (SSSR count). The minimum absolute atomic E-state index is 0.158. The van der Waals surface area contributed by atoms with Crippen molar-refractivity contribution in [1.82, 2.24) is 4.57 Å². The predicted octanol–water partition coefficient (Wildman–Crippen LogP) is 6.17. The smallest absolute Gasteiger partial charge is 0.123 e. The van der Waals surface area contributed by atoms with Crippen molar-refractivity contribution in [2.24, 2.45) is 0 Å². The van der Waals surface area contributed by atoms with E-state index in [0.717, 1.165) is 22.3 Å². The average Bonchev–Trinajstić information content (AvgIpc) is 2.90. The summed E-state index contributed by atoms with van der Waals surface area (Å²) in [6.45, 7) is 4.20. The lowest BCUT2D eigenvalue weighted by Crippen LogP contribution is -2.14. The molecule has 3 aromatic carbocycles. The second-order valence-electron chi connectivity index (χ2n) is 6.60. The van der Waals surface area contributed by atoms with Crippen LogP contribution in [0.2, 0.25) is 0 Å². The molecule has 1 nitrogen and oxygen atoms in total. The largest absolute Gasteiger partial charge is 0.333 e. The van der Waals surface area contributed by atoms with E-state index in [2.05, 4.69) is 30.5 Å². The Morgan fingerprint density at radius 1 is 0.692 bits per heavy atom. The molecule has 0 radical (unpaired) electrons. The Hall–Kier alpha value is -2.94. The van der Waals surface area contributed by atoms with Gasteiger partial charge in [-0.3, -0.25) is 0 Å². The van der Waals surface area contributed by atoms with E-state index in [1.165, 1.54) is 35.2 Å². The Morgan fingerprint density at radius 2 is 1.19 bits per heavy atom. The molecule has 0 aliphatic rings. The third kappa shape index (κ3) is 2.70. The fourth-order valence-corrected chi connectivity index (χ4v) is 3.67. The number of hydrogen-bond acceptors (Lipinski definition) is 0.